The van der Waals surface area contributed by atoms with Gasteiger partial charge in [0.2, 0.25) is 5.91 Å². The molecule has 0 N–H and O–H groups in total. The molecule has 0 spiro atoms. The van der Waals surface area contributed by atoms with E-state index in [-0.39, 0.29) is 5.91 Å². The van der Waals surface area contributed by atoms with E-state index in [0.29, 0.717) is 16.5 Å². The van der Waals surface area contributed by atoms with Crippen molar-refractivity contribution in [2.24, 2.45) is 5.92 Å². The van der Waals surface area contributed by atoms with E-state index in [1.807, 2.05) is 48.5 Å². The van der Waals surface area contributed by atoms with Gasteiger partial charge in [0.1, 0.15) is 11.7 Å². The number of hydrogen-bond donors (Lipinski definition) is 0. The van der Waals surface area contributed by atoms with Gasteiger partial charge >= 0.3 is 0 Å². The normalized spacial score (nSPS) is 22.4. The molecule has 0 saturated carbocycles. The number of hydroxylamine groups is 1. The van der Waals surface area contributed by atoms with Crippen molar-refractivity contribution in [1.82, 2.24) is 0 Å². The first kappa shape index (κ1) is 21.0. The van der Waals surface area contributed by atoms with Crippen molar-refractivity contribution in [1.29, 1.82) is 0 Å². The fourth-order valence-electron chi connectivity index (χ4n) is 4.26. The average molecular weight is 514 g/mol. The molecule has 0 aromatic heterocycles. The lowest BCUT2D eigenvalue weighted by Gasteiger charge is -2.29. The van der Waals surface area contributed by atoms with Crippen molar-refractivity contribution < 1.29 is 19.2 Å². The molecule has 2 heterocycles. The third-order valence-corrected chi connectivity index (χ3v) is 6.60. The summed E-state index contributed by atoms with van der Waals surface area (Å²) in [6.45, 7) is 0. The molecular weight excluding hydrogens is 496 g/mol. The zero-order chi connectivity index (χ0) is 22.4. The highest BCUT2D eigenvalue weighted by Gasteiger charge is 2.60. The van der Waals surface area contributed by atoms with Gasteiger partial charge in [0.15, 0.2) is 6.10 Å². The van der Waals surface area contributed by atoms with Gasteiger partial charge in [-0.1, -0.05) is 35.9 Å². The molecule has 32 heavy (non-hydrogen) atoms. The Morgan fingerprint density at radius 3 is 2.31 bits per heavy atom. The predicted molar refractivity (Wildman–Crippen MR) is 125 cm³/mol. The van der Waals surface area contributed by atoms with Crippen molar-refractivity contribution >= 4 is 50.7 Å². The Morgan fingerprint density at radius 1 is 0.938 bits per heavy atom. The van der Waals surface area contributed by atoms with Gasteiger partial charge in [0.05, 0.1) is 29.0 Å². The quantitative estimate of drug-likeness (QED) is 0.451. The number of fused-ring (bicyclic) bond motifs is 1. The molecule has 3 atom stereocenters. The summed E-state index contributed by atoms with van der Waals surface area (Å²) in [7, 11) is 1.59. The molecule has 2 saturated heterocycles. The van der Waals surface area contributed by atoms with Crippen LogP contribution in [0.1, 0.15) is 11.6 Å². The molecule has 8 heteroatoms. The molecule has 2 fully saturated rings. The molecule has 0 radical (unpaired) electrons. The summed E-state index contributed by atoms with van der Waals surface area (Å²) in [6, 6.07) is 21.2. The van der Waals surface area contributed by atoms with Crippen molar-refractivity contribution in [2.75, 3.05) is 17.1 Å². The number of benzene rings is 3. The minimum absolute atomic E-state index is 0.308. The Morgan fingerprint density at radius 2 is 1.66 bits per heavy atom. The monoisotopic (exact) mass is 512 g/mol. The molecule has 0 aliphatic carbocycles. The summed E-state index contributed by atoms with van der Waals surface area (Å²) in [4.78, 5) is 34.2. The first-order valence-electron chi connectivity index (χ1n) is 9.97. The molecular formula is C24H18BrClN2O4. The van der Waals surface area contributed by atoms with Crippen molar-refractivity contribution in [3.8, 4) is 5.75 Å². The van der Waals surface area contributed by atoms with Crippen molar-refractivity contribution in [3.63, 3.8) is 0 Å². The Labute approximate surface area is 198 Å². The Balaban J connectivity index is 1.59. The maximum absolute atomic E-state index is 13.6. The number of halogens is 2. The maximum Gasteiger partial charge on any atom is 0.266 e. The SMILES string of the molecule is COc1ccc([C@H]2[C@H]3C(=O)N(c4ccc(Cl)cc4)C(=O)[C@@H]3ON2c2ccccc2)cc1Br. The van der Waals surface area contributed by atoms with Gasteiger partial charge < -0.3 is 4.74 Å². The number of nitrogens with zero attached hydrogens (tertiary/aromatic N) is 2. The lowest BCUT2D eigenvalue weighted by Crippen LogP contribution is -2.37. The molecule has 0 unspecified atom stereocenters. The zero-order valence-corrected chi connectivity index (χ0v) is 19.3. The van der Waals surface area contributed by atoms with Gasteiger partial charge in [-0.3, -0.25) is 14.4 Å². The van der Waals surface area contributed by atoms with Gasteiger partial charge in [0.25, 0.3) is 5.91 Å². The summed E-state index contributed by atoms with van der Waals surface area (Å²) < 4.78 is 6.10. The molecule has 3 aromatic rings. The lowest BCUT2D eigenvalue weighted by atomic mass is 9.90. The third-order valence-electron chi connectivity index (χ3n) is 5.73. The highest BCUT2D eigenvalue weighted by atomic mass is 79.9. The number of hydrogen-bond acceptors (Lipinski definition) is 5. The molecule has 162 valence electrons. The van der Waals surface area contributed by atoms with Crippen molar-refractivity contribution in [3.05, 3.63) is 87.9 Å². The highest BCUT2D eigenvalue weighted by molar-refractivity contribution is 9.10. The van der Waals surface area contributed by atoms with Gasteiger partial charge in [-0.05, 0) is 70.0 Å². The molecule has 2 aliphatic rings. The Hall–Kier alpha value is -2.87. The second-order valence-electron chi connectivity index (χ2n) is 7.54. The van der Waals surface area contributed by atoms with Gasteiger partial charge in [-0.15, -0.1) is 0 Å². The van der Waals surface area contributed by atoms with Crippen LogP contribution in [0.4, 0.5) is 11.4 Å². The second kappa shape index (κ2) is 8.24. The third kappa shape index (κ3) is 3.37. The molecule has 6 nitrogen and oxygen atoms in total. The number of imide groups is 1. The Bertz CT molecular complexity index is 1190. The minimum atomic E-state index is -0.927. The molecule has 0 bridgehead atoms. The predicted octanol–water partition coefficient (Wildman–Crippen LogP) is 5.16. The van der Waals surface area contributed by atoms with E-state index in [4.69, 9.17) is 21.2 Å². The summed E-state index contributed by atoms with van der Waals surface area (Å²) in [5.41, 5.74) is 2.06. The fraction of sp³-hybridized carbons (Fsp3) is 0.167. The number of methoxy groups -OCH3 is 1. The molecule has 2 aliphatic heterocycles. The maximum atomic E-state index is 13.6. The standard InChI is InChI=1S/C24H18BrClN2O4/c1-31-19-12-7-14(13-18(19)25)21-20-22(32-28(21)17-5-3-2-4-6-17)24(30)27(23(20)29)16-10-8-15(26)9-11-16/h2-13,20-22H,1H3/t20-,21+,22-/m1/s1. The fourth-order valence-corrected chi connectivity index (χ4v) is 4.95. The number of rotatable bonds is 4. The first-order valence-corrected chi connectivity index (χ1v) is 11.1. The largest absolute Gasteiger partial charge is 0.496 e. The summed E-state index contributed by atoms with van der Waals surface area (Å²) in [5, 5.41) is 2.19. The topological polar surface area (TPSA) is 59.1 Å². The van der Waals surface area contributed by atoms with E-state index in [1.54, 1.807) is 36.4 Å². The number of para-hydroxylation sites is 1. The van der Waals surface area contributed by atoms with Gasteiger partial charge in [0, 0.05) is 5.02 Å². The van der Waals surface area contributed by atoms with E-state index in [1.165, 1.54) is 4.90 Å². The summed E-state index contributed by atoms with van der Waals surface area (Å²) >= 11 is 9.51. The van der Waals surface area contributed by atoms with Crippen LogP contribution in [-0.2, 0) is 14.4 Å². The van der Waals surface area contributed by atoms with Crippen LogP contribution in [-0.4, -0.2) is 25.0 Å². The van der Waals surface area contributed by atoms with E-state index in [2.05, 4.69) is 15.9 Å². The van der Waals surface area contributed by atoms with E-state index in [9.17, 15) is 9.59 Å². The van der Waals surface area contributed by atoms with Gasteiger partial charge in [-0.25, -0.2) is 9.96 Å². The minimum Gasteiger partial charge on any atom is -0.496 e. The van der Waals surface area contributed by atoms with Crippen LogP contribution in [0.15, 0.2) is 77.3 Å². The first-order chi connectivity index (χ1) is 15.5. The number of anilines is 2. The summed E-state index contributed by atoms with van der Waals surface area (Å²) in [6.07, 6.45) is -0.927. The van der Waals surface area contributed by atoms with Crippen LogP contribution in [0.25, 0.3) is 0 Å². The number of carbonyl (C=O) groups is 2. The lowest BCUT2D eigenvalue weighted by molar-refractivity contribution is -0.126. The van der Waals surface area contributed by atoms with E-state index < -0.39 is 24.0 Å². The van der Waals surface area contributed by atoms with E-state index in [0.717, 1.165) is 15.7 Å². The van der Waals surface area contributed by atoms with E-state index >= 15 is 0 Å². The number of ether oxygens (including phenoxy) is 1. The highest BCUT2D eigenvalue weighted by Crippen LogP contribution is 2.48. The van der Waals surface area contributed by atoms with Crippen LogP contribution in [0.2, 0.25) is 5.02 Å². The molecule has 5 rings (SSSR count). The van der Waals surface area contributed by atoms with Crippen LogP contribution in [0, 0.1) is 5.92 Å². The van der Waals surface area contributed by atoms with Crippen LogP contribution in [0.5, 0.6) is 5.75 Å². The van der Waals surface area contributed by atoms with Crippen LogP contribution >= 0.6 is 27.5 Å². The molecule has 3 aromatic carbocycles. The zero-order valence-electron chi connectivity index (χ0n) is 16.9. The Kier molecular flexibility index (Phi) is 5.41. The molecule has 2 amide bonds. The summed E-state index contributed by atoms with van der Waals surface area (Å²) in [5.74, 6) is -0.734. The van der Waals surface area contributed by atoms with Gasteiger partial charge in [-0.2, -0.15) is 0 Å². The van der Waals surface area contributed by atoms with Crippen molar-refractivity contribution in [2.45, 2.75) is 12.1 Å². The smallest absolute Gasteiger partial charge is 0.266 e. The average Bonchev–Trinajstić information content (AvgIpc) is 3.31. The van der Waals surface area contributed by atoms with Crippen LogP contribution < -0.4 is 14.7 Å². The number of amides is 2. The second-order valence-corrected chi connectivity index (χ2v) is 8.83. The number of carbonyl (C=O) groups excluding carboxylic acids is 2. The van der Waals surface area contributed by atoms with Crippen LogP contribution in [0.3, 0.4) is 0 Å².